The summed E-state index contributed by atoms with van der Waals surface area (Å²) < 4.78 is 31.7. The monoisotopic (exact) mass is 491 g/mol. The van der Waals surface area contributed by atoms with Gasteiger partial charge in [0.05, 0.1) is 11.8 Å². The van der Waals surface area contributed by atoms with Gasteiger partial charge in [0, 0.05) is 38.1 Å². The van der Waals surface area contributed by atoms with Crippen LogP contribution in [0.25, 0.3) is 0 Å². The number of aliphatic carboxylic acids is 1. The number of aromatic nitrogens is 1. The van der Waals surface area contributed by atoms with E-state index in [1.54, 1.807) is 6.20 Å². The number of aryl methyl sites for hydroxylation is 1. The Morgan fingerprint density at radius 2 is 1.71 bits per heavy atom. The standard InChI is InChI=1S/C23H27N3O2.C2HF3O2/c1-18-5-4-6-19(15-18)17-26-14-10-23(22(26)28)8-12-25(13-9-23)21(27)16-20-7-2-3-11-24-20;3-2(4,5)1(6)7/h2-7,11,15H,8-10,12-14,16-17H2,1H3;(H,6,7). The van der Waals surface area contributed by atoms with Crippen molar-refractivity contribution in [2.75, 3.05) is 19.6 Å². The normalized spacial score (nSPS) is 17.2. The lowest BCUT2D eigenvalue weighted by Gasteiger charge is -2.38. The lowest BCUT2D eigenvalue weighted by molar-refractivity contribution is -0.192. The number of carbonyl (C=O) groups is 3. The highest BCUT2D eigenvalue weighted by molar-refractivity contribution is 5.85. The molecule has 1 aromatic carbocycles. The summed E-state index contributed by atoms with van der Waals surface area (Å²) in [6.07, 6.45) is -0.594. The molecule has 0 atom stereocenters. The maximum absolute atomic E-state index is 13.2. The van der Waals surface area contributed by atoms with Crippen LogP contribution in [-0.2, 0) is 27.3 Å². The number of alkyl halides is 3. The minimum Gasteiger partial charge on any atom is -0.475 e. The highest BCUT2D eigenvalue weighted by Gasteiger charge is 2.48. The minimum absolute atomic E-state index is 0.107. The van der Waals surface area contributed by atoms with Crippen LogP contribution < -0.4 is 0 Å². The number of carboxylic acids is 1. The van der Waals surface area contributed by atoms with Gasteiger partial charge in [0.15, 0.2) is 0 Å². The summed E-state index contributed by atoms with van der Waals surface area (Å²) >= 11 is 0. The molecular formula is C25H28F3N3O4. The van der Waals surface area contributed by atoms with E-state index in [2.05, 4.69) is 30.1 Å². The van der Waals surface area contributed by atoms with Crippen molar-refractivity contribution in [2.24, 2.45) is 5.41 Å². The molecule has 188 valence electrons. The van der Waals surface area contributed by atoms with Gasteiger partial charge in [-0.15, -0.1) is 0 Å². The number of nitrogens with zero attached hydrogens (tertiary/aromatic N) is 3. The van der Waals surface area contributed by atoms with Gasteiger partial charge in [-0.05, 0) is 43.9 Å². The Hall–Kier alpha value is -3.43. The van der Waals surface area contributed by atoms with Crippen LogP contribution in [0.3, 0.4) is 0 Å². The third-order valence-electron chi connectivity index (χ3n) is 6.43. The third kappa shape index (κ3) is 6.80. The highest BCUT2D eigenvalue weighted by atomic mass is 19.4. The van der Waals surface area contributed by atoms with E-state index in [1.807, 2.05) is 34.1 Å². The molecule has 0 bridgehead atoms. The average Bonchev–Trinajstić information content (AvgIpc) is 3.10. The topological polar surface area (TPSA) is 90.8 Å². The van der Waals surface area contributed by atoms with E-state index < -0.39 is 12.1 Å². The second kappa shape index (κ2) is 10.9. The van der Waals surface area contributed by atoms with Crippen LogP contribution in [0.1, 0.15) is 36.1 Å². The molecule has 2 aromatic rings. The van der Waals surface area contributed by atoms with E-state index in [1.165, 1.54) is 11.1 Å². The van der Waals surface area contributed by atoms with Crippen molar-refractivity contribution in [3.63, 3.8) is 0 Å². The van der Waals surface area contributed by atoms with Crippen molar-refractivity contribution in [1.29, 1.82) is 0 Å². The van der Waals surface area contributed by atoms with E-state index >= 15 is 0 Å². The zero-order valence-electron chi connectivity index (χ0n) is 19.4. The fraction of sp³-hybridized carbons (Fsp3) is 0.440. The lowest BCUT2D eigenvalue weighted by atomic mass is 9.77. The van der Waals surface area contributed by atoms with Gasteiger partial charge in [-0.2, -0.15) is 13.2 Å². The molecule has 2 fully saturated rings. The number of piperidine rings is 1. The van der Waals surface area contributed by atoms with Gasteiger partial charge >= 0.3 is 12.1 Å². The number of hydrogen-bond donors (Lipinski definition) is 1. The van der Waals surface area contributed by atoms with Crippen LogP contribution in [0, 0.1) is 12.3 Å². The summed E-state index contributed by atoms with van der Waals surface area (Å²) in [5.41, 5.74) is 2.94. The largest absolute Gasteiger partial charge is 0.490 e. The molecule has 1 N–H and O–H groups in total. The number of pyridine rings is 1. The number of likely N-dealkylation sites (tertiary alicyclic amines) is 2. The number of rotatable bonds is 4. The molecule has 10 heteroatoms. The second-order valence-corrected chi connectivity index (χ2v) is 8.93. The van der Waals surface area contributed by atoms with Crippen LogP contribution in [0.5, 0.6) is 0 Å². The van der Waals surface area contributed by atoms with Crippen LogP contribution in [0.4, 0.5) is 13.2 Å². The van der Waals surface area contributed by atoms with Crippen molar-refractivity contribution in [3.8, 4) is 0 Å². The Kier molecular flexibility index (Phi) is 8.14. The first-order valence-electron chi connectivity index (χ1n) is 11.3. The van der Waals surface area contributed by atoms with Gasteiger partial charge in [-0.3, -0.25) is 14.6 Å². The van der Waals surface area contributed by atoms with E-state index in [4.69, 9.17) is 9.90 Å². The molecule has 0 aliphatic carbocycles. The Morgan fingerprint density at radius 1 is 1.06 bits per heavy atom. The average molecular weight is 492 g/mol. The van der Waals surface area contributed by atoms with Crippen LogP contribution in [0.2, 0.25) is 0 Å². The summed E-state index contributed by atoms with van der Waals surface area (Å²) in [6, 6.07) is 14.0. The molecule has 4 rings (SSSR count). The van der Waals surface area contributed by atoms with Crippen LogP contribution >= 0.6 is 0 Å². The highest BCUT2D eigenvalue weighted by Crippen LogP contribution is 2.42. The number of carboxylic acid groups (broad SMARTS) is 1. The van der Waals surface area contributed by atoms with Crippen molar-refractivity contribution in [3.05, 3.63) is 65.5 Å². The Morgan fingerprint density at radius 3 is 2.29 bits per heavy atom. The SMILES string of the molecule is Cc1cccc(CN2CCC3(CCN(C(=O)Cc4ccccn4)CC3)C2=O)c1.O=C(O)C(F)(F)F. The second-order valence-electron chi connectivity index (χ2n) is 8.93. The molecule has 1 spiro atoms. The molecule has 0 radical (unpaired) electrons. The van der Waals surface area contributed by atoms with Crippen LogP contribution in [0.15, 0.2) is 48.7 Å². The van der Waals surface area contributed by atoms with Gasteiger partial charge < -0.3 is 14.9 Å². The zero-order chi connectivity index (χ0) is 25.6. The van der Waals surface area contributed by atoms with Gasteiger partial charge in [0.2, 0.25) is 11.8 Å². The molecule has 3 heterocycles. The molecule has 1 aromatic heterocycles. The first kappa shape index (κ1) is 26.2. The minimum atomic E-state index is -5.08. The van der Waals surface area contributed by atoms with E-state index in [-0.39, 0.29) is 17.2 Å². The smallest absolute Gasteiger partial charge is 0.475 e. The number of amides is 2. The third-order valence-corrected chi connectivity index (χ3v) is 6.43. The summed E-state index contributed by atoms with van der Waals surface area (Å²) in [5, 5.41) is 7.12. The number of benzene rings is 1. The molecule has 0 unspecified atom stereocenters. The van der Waals surface area contributed by atoms with Crippen molar-refractivity contribution < 1.29 is 32.7 Å². The number of carbonyl (C=O) groups excluding carboxylic acids is 2. The van der Waals surface area contributed by atoms with E-state index in [0.29, 0.717) is 26.1 Å². The quantitative estimate of drug-likeness (QED) is 0.706. The first-order valence-corrected chi connectivity index (χ1v) is 11.3. The fourth-order valence-corrected chi connectivity index (χ4v) is 4.49. The predicted molar refractivity (Wildman–Crippen MR) is 121 cm³/mol. The van der Waals surface area contributed by atoms with Gasteiger partial charge in [0.25, 0.3) is 0 Å². The Bertz CT molecular complexity index is 1050. The fourth-order valence-electron chi connectivity index (χ4n) is 4.49. The molecule has 2 amide bonds. The van der Waals surface area contributed by atoms with Crippen LogP contribution in [-0.4, -0.2) is 63.5 Å². The van der Waals surface area contributed by atoms with Crippen molar-refractivity contribution in [1.82, 2.24) is 14.8 Å². The van der Waals surface area contributed by atoms with E-state index in [0.717, 1.165) is 31.5 Å². The van der Waals surface area contributed by atoms with Crippen molar-refractivity contribution in [2.45, 2.75) is 45.3 Å². The first-order chi connectivity index (χ1) is 16.5. The number of halogens is 3. The van der Waals surface area contributed by atoms with Crippen molar-refractivity contribution >= 4 is 17.8 Å². The van der Waals surface area contributed by atoms with E-state index in [9.17, 15) is 22.8 Å². The molecule has 2 saturated heterocycles. The van der Waals surface area contributed by atoms with Gasteiger partial charge in [-0.1, -0.05) is 35.9 Å². The Balaban J connectivity index is 0.000000429. The summed E-state index contributed by atoms with van der Waals surface area (Å²) in [6.45, 7) is 4.90. The predicted octanol–water partition coefficient (Wildman–Crippen LogP) is 3.61. The molecular weight excluding hydrogens is 463 g/mol. The summed E-state index contributed by atoms with van der Waals surface area (Å²) in [4.78, 5) is 42.8. The Labute approximate surface area is 201 Å². The molecule has 2 aliphatic heterocycles. The molecule has 2 aliphatic rings. The van der Waals surface area contributed by atoms with Gasteiger partial charge in [0.1, 0.15) is 0 Å². The molecule has 0 saturated carbocycles. The summed E-state index contributed by atoms with van der Waals surface area (Å²) in [5.74, 6) is -2.38. The maximum atomic E-state index is 13.2. The maximum Gasteiger partial charge on any atom is 0.490 e. The molecule has 7 nitrogen and oxygen atoms in total. The number of hydrogen-bond acceptors (Lipinski definition) is 4. The van der Waals surface area contributed by atoms with Gasteiger partial charge in [-0.25, -0.2) is 4.79 Å². The zero-order valence-corrected chi connectivity index (χ0v) is 19.4. The molecule has 35 heavy (non-hydrogen) atoms. The summed E-state index contributed by atoms with van der Waals surface area (Å²) in [7, 11) is 0. The lowest BCUT2D eigenvalue weighted by Crippen LogP contribution is -2.47.